The highest BCUT2D eigenvalue weighted by Crippen LogP contribution is 2.38. The first-order valence-corrected chi connectivity index (χ1v) is 9.27. The molecule has 4 unspecified atom stereocenters. The van der Waals surface area contributed by atoms with E-state index in [1.165, 1.54) is 64.3 Å². The molecule has 0 aromatic rings. The van der Waals surface area contributed by atoms with Gasteiger partial charge < -0.3 is 5.32 Å². The molecule has 0 radical (unpaired) electrons. The highest BCUT2D eigenvalue weighted by atomic mass is 15.2. The van der Waals surface area contributed by atoms with Crippen molar-refractivity contribution in [1.82, 2.24) is 10.2 Å². The van der Waals surface area contributed by atoms with Gasteiger partial charge in [0.15, 0.2) is 0 Å². The largest absolute Gasteiger partial charge is 0.314 e. The number of hydrogen-bond acceptors (Lipinski definition) is 2. The van der Waals surface area contributed by atoms with Crippen molar-refractivity contribution in [1.29, 1.82) is 0 Å². The number of hydrogen-bond donors (Lipinski definition) is 1. The van der Waals surface area contributed by atoms with Gasteiger partial charge in [-0.05, 0) is 50.5 Å². The zero-order valence-electron chi connectivity index (χ0n) is 13.6. The average molecular weight is 278 g/mol. The summed E-state index contributed by atoms with van der Waals surface area (Å²) in [6, 6.07) is 2.58. The van der Waals surface area contributed by atoms with Crippen LogP contribution < -0.4 is 5.32 Å². The van der Waals surface area contributed by atoms with Crippen LogP contribution in [0.25, 0.3) is 0 Å². The Bertz CT molecular complexity index is 290. The molecule has 3 fully saturated rings. The Hall–Kier alpha value is -0.0800. The third-order valence-electron chi connectivity index (χ3n) is 6.35. The van der Waals surface area contributed by atoms with Crippen LogP contribution in [0.4, 0.5) is 0 Å². The Labute approximate surface area is 125 Å². The monoisotopic (exact) mass is 278 g/mol. The SMILES string of the molecule is CCNC1CC2CCCC(C1)N2CC1CCCCC1C. The summed E-state index contributed by atoms with van der Waals surface area (Å²) in [4.78, 5) is 2.95. The second-order valence-electron chi connectivity index (χ2n) is 7.68. The Morgan fingerprint density at radius 3 is 2.30 bits per heavy atom. The van der Waals surface area contributed by atoms with Gasteiger partial charge in [-0.2, -0.15) is 0 Å². The van der Waals surface area contributed by atoms with Crippen LogP contribution in [0, 0.1) is 11.8 Å². The summed E-state index contributed by atoms with van der Waals surface area (Å²) < 4.78 is 0. The Kier molecular flexibility index (Phi) is 5.04. The molecule has 2 heteroatoms. The predicted octanol–water partition coefficient (Wildman–Crippen LogP) is 3.81. The predicted molar refractivity (Wildman–Crippen MR) is 86.0 cm³/mol. The molecule has 2 heterocycles. The van der Waals surface area contributed by atoms with E-state index in [-0.39, 0.29) is 0 Å². The molecule has 4 atom stereocenters. The van der Waals surface area contributed by atoms with Gasteiger partial charge in [0.25, 0.3) is 0 Å². The van der Waals surface area contributed by atoms with Crippen LogP contribution in [0.5, 0.6) is 0 Å². The van der Waals surface area contributed by atoms with Gasteiger partial charge in [-0.3, -0.25) is 4.90 Å². The third kappa shape index (κ3) is 3.22. The molecule has 20 heavy (non-hydrogen) atoms. The van der Waals surface area contributed by atoms with Gasteiger partial charge in [0.05, 0.1) is 0 Å². The molecular weight excluding hydrogens is 244 g/mol. The van der Waals surface area contributed by atoms with E-state index in [2.05, 4.69) is 24.1 Å². The van der Waals surface area contributed by atoms with E-state index in [4.69, 9.17) is 0 Å². The lowest BCUT2D eigenvalue weighted by Crippen LogP contribution is -2.57. The number of piperidine rings is 2. The summed E-state index contributed by atoms with van der Waals surface area (Å²) in [5.41, 5.74) is 0. The third-order valence-corrected chi connectivity index (χ3v) is 6.35. The van der Waals surface area contributed by atoms with Gasteiger partial charge in [0, 0.05) is 24.7 Å². The zero-order chi connectivity index (χ0) is 13.9. The molecule has 1 aliphatic carbocycles. The van der Waals surface area contributed by atoms with Crippen LogP contribution in [0.3, 0.4) is 0 Å². The molecule has 0 aromatic carbocycles. The minimum atomic E-state index is 0.801. The molecule has 2 nitrogen and oxygen atoms in total. The van der Waals surface area contributed by atoms with E-state index in [1.807, 2.05) is 0 Å². The van der Waals surface area contributed by atoms with Crippen LogP contribution in [0.2, 0.25) is 0 Å². The maximum atomic E-state index is 3.72. The molecule has 2 aliphatic heterocycles. The standard InChI is InChI=1S/C18H34N2/c1-3-19-16-11-17-9-6-10-18(12-16)20(17)13-15-8-5-4-7-14(15)2/h14-19H,3-13H2,1-2H3. The van der Waals surface area contributed by atoms with Gasteiger partial charge in [0.1, 0.15) is 0 Å². The molecule has 3 rings (SSSR count). The van der Waals surface area contributed by atoms with Crippen molar-refractivity contribution in [3.05, 3.63) is 0 Å². The van der Waals surface area contributed by atoms with E-state index in [0.717, 1.165) is 36.5 Å². The van der Waals surface area contributed by atoms with Crippen LogP contribution in [-0.2, 0) is 0 Å². The van der Waals surface area contributed by atoms with Crippen molar-refractivity contribution >= 4 is 0 Å². The number of rotatable bonds is 4. The normalized spacial score (nSPS) is 42.6. The van der Waals surface area contributed by atoms with E-state index in [1.54, 1.807) is 0 Å². The lowest BCUT2D eigenvalue weighted by Gasteiger charge is -2.51. The average Bonchev–Trinajstić information content (AvgIpc) is 2.42. The molecule has 0 aromatic heterocycles. The lowest BCUT2D eigenvalue weighted by molar-refractivity contribution is 0.000742. The fourth-order valence-electron chi connectivity index (χ4n) is 5.17. The second kappa shape index (κ2) is 6.79. The highest BCUT2D eigenvalue weighted by Gasteiger charge is 2.39. The maximum Gasteiger partial charge on any atom is 0.0113 e. The Balaban J connectivity index is 1.61. The molecule has 2 bridgehead atoms. The van der Waals surface area contributed by atoms with Crippen molar-refractivity contribution in [2.24, 2.45) is 11.8 Å². The Morgan fingerprint density at radius 1 is 0.950 bits per heavy atom. The van der Waals surface area contributed by atoms with Crippen molar-refractivity contribution in [3.63, 3.8) is 0 Å². The summed E-state index contributed by atoms with van der Waals surface area (Å²) in [7, 11) is 0. The first-order chi connectivity index (χ1) is 9.78. The quantitative estimate of drug-likeness (QED) is 0.841. The zero-order valence-corrected chi connectivity index (χ0v) is 13.6. The van der Waals surface area contributed by atoms with E-state index >= 15 is 0 Å². The summed E-state index contributed by atoms with van der Waals surface area (Å²) in [5.74, 6) is 1.96. The van der Waals surface area contributed by atoms with Crippen LogP contribution in [0.1, 0.15) is 71.6 Å². The summed E-state index contributed by atoms with van der Waals surface area (Å²) in [6.45, 7) is 7.32. The second-order valence-corrected chi connectivity index (χ2v) is 7.68. The molecule has 0 amide bonds. The minimum absolute atomic E-state index is 0.801. The molecule has 0 spiro atoms. The van der Waals surface area contributed by atoms with Crippen molar-refractivity contribution in [2.75, 3.05) is 13.1 Å². The minimum Gasteiger partial charge on any atom is -0.314 e. The van der Waals surface area contributed by atoms with E-state index < -0.39 is 0 Å². The number of nitrogens with one attached hydrogen (secondary N) is 1. The number of fused-ring (bicyclic) bond motifs is 2. The topological polar surface area (TPSA) is 15.3 Å². The van der Waals surface area contributed by atoms with Crippen molar-refractivity contribution in [2.45, 2.75) is 89.8 Å². The van der Waals surface area contributed by atoms with E-state index in [0.29, 0.717) is 0 Å². The molecular formula is C18H34N2. The smallest absolute Gasteiger partial charge is 0.0113 e. The molecule has 2 saturated heterocycles. The van der Waals surface area contributed by atoms with Crippen LogP contribution >= 0.6 is 0 Å². The van der Waals surface area contributed by atoms with Crippen LogP contribution in [0.15, 0.2) is 0 Å². The lowest BCUT2D eigenvalue weighted by atomic mass is 9.77. The van der Waals surface area contributed by atoms with Crippen molar-refractivity contribution in [3.8, 4) is 0 Å². The fraction of sp³-hybridized carbons (Fsp3) is 1.00. The number of nitrogens with zero attached hydrogens (tertiary/aromatic N) is 1. The fourth-order valence-corrected chi connectivity index (χ4v) is 5.17. The molecule has 1 saturated carbocycles. The van der Waals surface area contributed by atoms with Gasteiger partial charge in [0.2, 0.25) is 0 Å². The maximum absolute atomic E-state index is 3.72. The first-order valence-electron chi connectivity index (χ1n) is 9.27. The van der Waals surface area contributed by atoms with Gasteiger partial charge in [-0.15, -0.1) is 0 Å². The van der Waals surface area contributed by atoms with E-state index in [9.17, 15) is 0 Å². The highest BCUT2D eigenvalue weighted by molar-refractivity contribution is 4.96. The first kappa shape index (κ1) is 14.8. The molecule has 116 valence electrons. The summed E-state index contributed by atoms with van der Waals surface area (Å²) >= 11 is 0. The van der Waals surface area contributed by atoms with Gasteiger partial charge >= 0.3 is 0 Å². The summed E-state index contributed by atoms with van der Waals surface area (Å²) in [5, 5.41) is 3.72. The van der Waals surface area contributed by atoms with Crippen LogP contribution in [-0.4, -0.2) is 36.1 Å². The van der Waals surface area contributed by atoms with Crippen molar-refractivity contribution < 1.29 is 0 Å². The van der Waals surface area contributed by atoms with Gasteiger partial charge in [-0.1, -0.05) is 39.5 Å². The summed E-state index contributed by atoms with van der Waals surface area (Å²) in [6.07, 6.45) is 13.1. The molecule has 1 N–H and O–H groups in total. The molecule has 3 aliphatic rings. The Morgan fingerprint density at radius 2 is 1.65 bits per heavy atom. The van der Waals surface area contributed by atoms with Gasteiger partial charge in [-0.25, -0.2) is 0 Å².